The number of carbonyl (C=O) groups is 1. The fraction of sp³-hybridized carbons (Fsp3) is 0.432. The molecule has 2 saturated heterocycles. The first kappa shape index (κ1) is 36.1. The van der Waals surface area contributed by atoms with Gasteiger partial charge in [-0.15, -0.1) is 0 Å². The van der Waals surface area contributed by atoms with E-state index in [1.165, 1.54) is 101 Å². The molecule has 4 heteroatoms. The van der Waals surface area contributed by atoms with Crippen LogP contribution in [0, 0.1) is 0 Å². The van der Waals surface area contributed by atoms with Crippen LogP contribution in [0.2, 0.25) is 5.02 Å². The molecular formula is C44H55ClN2O. The van der Waals surface area contributed by atoms with E-state index < -0.39 is 0 Å². The Hall–Kier alpha value is -3.24. The second-order valence-electron chi connectivity index (χ2n) is 13.7. The van der Waals surface area contributed by atoms with E-state index in [9.17, 15) is 4.79 Å². The summed E-state index contributed by atoms with van der Waals surface area (Å²) in [6, 6.07) is 39.9. The minimum atomic E-state index is 0.276. The molecule has 3 nitrogen and oxygen atoms in total. The standard InChI is InChI=1S/C22H28ClN.C22H27NO/c23-22-12-10-19(11-13-22)7-3-2-6-16-24-17-14-21(15-18-24)20-8-4-1-5-9-20;24-22(21-11-5-2-6-12-21)13-7-8-16-23-17-14-20(15-18-23)19-9-3-1-4-10-19/h1,4-5,8-13,21H,2-3,6-7,14-18H2;1-6,9-12,20H,7-8,13-18H2. The molecule has 254 valence electrons. The van der Waals surface area contributed by atoms with Crippen molar-refractivity contribution in [3.8, 4) is 0 Å². The molecule has 0 aromatic heterocycles. The molecule has 2 heterocycles. The van der Waals surface area contributed by atoms with Gasteiger partial charge in [0.05, 0.1) is 0 Å². The van der Waals surface area contributed by atoms with Gasteiger partial charge >= 0.3 is 0 Å². The number of likely N-dealkylation sites (tertiary alicyclic amines) is 2. The summed E-state index contributed by atoms with van der Waals surface area (Å²) in [6.07, 6.45) is 13.0. The van der Waals surface area contributed by atoms with Crippen LogP contribution in [0.3, 0.4) is 0 Å². The van der Waals surface area contributed by atoms with E-state index in [-0.39, 0.29) is 5.78 Å². The number of benzene rings is 4. The largest absolute Gasteiger partial charge is 0.303 e. The van der Waals surface area contributed by atoms with Crippen LogP contribution in [-0.4, -0.2) is 54.9 Å². The first-order chi connectivity index (χ1) is 23.6. The lowest BCUT2D eigenvalue weighted by atomic mass is 9.89. The first-order valence-electron chi connectivity index (χ1n) is 18.5. The Balaban J connectivity index is 0.000000188. The van der Waals surface area contributed by atoms with Crippen molar-refractivity contribution in [1.29, 1.82) is 0 Å². The highest BCUT2D eigenvalue weighted by Gasteiger charge is 2.21. The fourth-order valence-corrected chi connectivity index (χ4v) is 7.44. The van der Waals surface area contributed by atoms with Crippen molar-refractivity contribution >= 4 is 17.4 Å². The van der Waals surface area contributed by atoms with E-state index >= 15 is 0 Å². The Morgan fingerprint density at radius 2 is 1.00 bits per heavy atom. The van der Waals surface area contributed by atoms with Crippen molar-refractivity contribution in [2.24, 2.45) is 0 Å². The van der Waals surface area contributed by atoms with Gasteiger partial charge in [-0.25, -0.2) is 0 Å². The molecule has 48 heavy (non-hydrogen) atoms. The van der Waals surface area contributed by atoms with Crippen molar-refractivity contribution in [3.63, 3.8) is 0 Å². The molecule has 0 spiro atoms. The number of carbonyl (C=O) groups excluding carboxylic acids is 1. The van der Waals surface area contributed by atoms with Gasteiger partial charge in [0.25, 0.3) is 0 Å². The smallest absolute Gasteiger partial charge is 0.162 e. The number of rotatable bonds is 14. The van der Waals surface area contributed by atoms with Gasteiger partial charge in [-0.3, -0.25) is 4.79 Å². The van der Waals surface area contributed by atoms with Gasteiger partial charge in [0.1, 0.15) is 0 Å². The monoisotopic (exact) mass is 662 g/mol. The van der Waals surface area contributed by atoms with Crippen LogP contribution < -0.4 is 0 Å². The van der Waals surface area contributed by atoms with Gasteiger partial charge in [-0.05, 0) is 138 Å². The summed E-state index contributed by atoms with van der Waals surface area (Å²) in [5.74, 6) is 1.77. The third-order valence-electron chi connectivity index (χ3n) is 10.3. The van der Waals surface area contributed by atoms with E-state index in [4.69, 9.17) is 11.6 Å². The van der Waals surface area contributed by atoms with E-state index in [0.29, 0.717) is 6.42 Å². The molecule has 0 atom stereocenters. The molecule has 0 unspecified atom stereocenters. The van der Waals surface area contributed by atoms with E-state index in [0.717, 1.165) is 41.8 Å². The summed E-state index contributed by atoms with van der Waals surface area (Å²) in [4.78, 5) is 17.3. The molecule has 2 aliphatic rings. The van der Waals surface area contributed by atoms with Crippen LogP contribution >= 0.6 is 11.6 Å². The Morgan fingerprint density at radius 1 is 0.542 bits per heavy atom. The first-order valence-corrected chi connectivity index (χ1v) is 18.9. The maximum atomic E-state index is 12.1. The van der Waals surface area contributed by atoms with E-state index in [2.05, 4.69) is 82.6 Å². The average molecular weight is 663 g/mol. The van der Waals surface area contributed by atoms with E-state index in [1.807, 2.05) is 42.5 Å². The summed E-state index contributed by atoms with van der Waals surface area (Å²) < 4.78 is 0. The molecule has 0 amide bonds. The number of hydrogen-bond donors (Lipinski definition) is 0. The van der Waals surface area contributed by atoms with Gasteiger partial charge in [0, 0.05) is 17.0 Å². The molecular weight excluding hydrogens is 608 g/mol. The van der Waals surface area contributed by atoms with Crippen molar-refractivity contribution in [2.45, 2.75) is 82.5 Å². The lowest BCUT2D eigenvalue weighted by molar-refractivity contribution is 0.0977. The lowest BCUT2D eigenvalue weighted by Crippen LogP contribution is -2.33. The summed E-state index contributed by atoms with van der Waals surface area (Å²) in [7, 11) is 0. The number of halogens is 1. The molecule has 0 aliphatic carbocycles. The molecule has 2 aliphatic heterocycles. The quantitative estimate of drug-likeness (QED) is 0.0991. The SMILES string of the molecule is Clc1ccc(CCCCCN2CCC(c3ccccc3)CC2)cc1.O=C(CCCCN1CCC(c2ccccc2)CC1)c1ccccc1. The topological polar surface area (TPSA) is 23.6 Å². The number of ketones is 1. The van der Waals surface area contributed by atoms with Crippen LogP contribution in [0.1, 0.15) is 103 Å². The molecule has 0 saturated carbocycles. The van der Waals surface area contributed by atoms with Gasteiger partial charge in [-0.1, -0.05) is 121 Å². The van der Waals surface area contributed by atoms with Crippen LogP contribution in [-0.2, 0) is 6.42 Å². The number of hydrogen-bond acceptors (Lipinski definition) is 3. The molecule has 4 aromatic rings. The summed E-state index contributed by atoms with van der Waals surface area (Å²) in [6.45, 7) is 7.29. The van der Waals surface area contributed by atoms with Crippen LogP contribution in [0.5, 0.6) is 0 Å². The highest BCUT2D eigenvalue weighted by atomic mass is 35.5. The number of piperidine rings is 2. The zero-order chi connectivity index (χ0) is 33.2. The minimum Gasteiger partial charge on any atom is -0.303 e. The predicted molar refractivity (Wildman–Crippen MR) is 203 cm³/mol. The zero-order valence-corrected chi connectivity index (χ0v) is 29.6. The van der Waals surface area contributed by atoms with Crippen molar-refractivity contribution in [1.82, 2.24) is 9.80 Å². The van der Waals surface area contributed by atoms with Crippen LogP contribution in [0.4, 0.5) is 0 Å². The normalized spacial score (nSPS) is 16.3. The Morgan fingerprint density at radius 3 is 1.50 bits per heavy atom. The number of Topliss-reactive ketones (excluding diaryl/α,β-unsaturated/α-hetero) is 1. The molecule has 0 radical (unpaired) electrons. The lowest BCUT2D eigenvalue weighted by Gasteiger charge is -2.32. The second-order valence-corrected chi connectivity index (χ2v) is 14.2. The molecule has 6 rings (SSSR count). The predicted octanol–water partition coefficient (Wildman–Crippen LogP) is 10.9. The maximum absolute atomic E-state index is 12.1. The van der Waals surface area contributed by atoms with Crippen molar-refractivity contribution < 1.29 is 4.79 Å². The number of nitrogens with zero attached hydrogens (tertiary/aromatic N) is 2. The molecule has 4 aromatic carbocycles. The van der Waals surface area contributed by atoms with Gasteiger partial charge in [-0.2, -0.15) is 0 Å². The van der Waals surface area contributed by atoms with Gasteiger partial charge < -0.3 is 9.80 Å². The van der Waals surface area contributed by atoms with Crippen molar-refractivity contribution in [2.75, 3.05) is 39.3 Å². The third kappa shape index (κ3) is 12.3. The zero-order valence-electron chi connectivity index (χ0n) is 28.8. The summed E-state index contributed by atoms with van der Waals surface area (Å²) in [5, 5.41) is 0.831. The third-order valence-corrected chi connectivity index (χ3v) is 10.5. The van der Waals surface area contributed by atoms with Crippen LogP contribution in [0.15, 0.2) is 115 Å². The summed E-state index contributed by atoms with van der Waals surface area (Å²) >= 11 is 5.93. The van der Waals surface area contributed by atoms with Gasteiger partial charge in [0.2, 0.25) is 0 Å². The van der Waals surface area contributed by atoms with E-state index in [1.54, 1.807) is 0 Å². The maximum Gasteiger partial charge on any atom is 0.162 e. The summed E-state index contributed by atoms with van der Waals surface area (Å²) in [5.41, 5.74) is 5.27. The fourth-order valence-electron chi connectivity index (χ4n) is 7.31. The number of unbranched alkanes of at least 4 members (excludes halogenated alkanes) is 3. The highest BCUT2D eigenvalue weighted by Crippen LogP contribution is 2.29. The Bertz CT molecular complexity index is 1430. The average Bonchev–Trinajstić information content (AvgIpc) is 3.16. The Labute approximate surface area is 295 Å². The Kier molecular flexibility index (Phi) is 15.3. The minimum absolute atomic E-state index is 0.276. The highest BCUT2D eigenvalue weighted by molar-refractivity contribution is 6.30. The molecule has 2 fully saturated rings. The molecule has 0 bridgehead atoms. The van der Waals surface area contributed by atoms with Crippen LogP contribution in [0.25, 0.3) is 0 Å². The van der Waals surface area contributed by atoms with Gasteiger partial charge in [0.15, 0.2) is 5.78 Å². The second kappa shape index (κ2) is 20.3. The number of aryl methyl sites for hydroxylation is 1. The molecule has 0 N–H and O–H groups in total. The van der Waals surface area contributed by atoms with Crippen molar-refractivity contribution in [3.05, 3.63) is 143 Å².